The zero-order valence-electron chi connectivity index (χ0n) is 16.4. The van der Waals surface area contributed by atoms with Gasteiger partial charge in [0.05, 0.1) is 18.1 Å². The van der Waals surface area contributed by atoms with E-state index in [1.165, 1.54) is 0 Å². The third-order valence-corrected chi connectivity index (χ3v) is 7.37. The van der Waals surface area contributed by atoms with Gasteiger partial charge >= 0.3 is 0 Å². The molecule has 8 nitrogen and oxygen atoms in total. The predicted octanol–water partition coefficient (Wildman–Crippen LogP) is 1.44. The number of rotatable bonds is 6. The van der Waals surface area contributed by atoms with Crippen LogP contribution < -0.4 is 0 Å². The normalized spacial score (nSPS) is 23.8. The molecule has 2 fully saturated rings. The molecular weight excluding hydrogens is 368 g/mol. The largest absolute Gasteiger partial charge is 0.337 e. The van der Waals surface area contributed by atoms with Gasteiger partial charge in [0.2, 0.25) is 11.8 Å². The first-order valence-electron chi connectivity index (χ1n) is 9.84. The Morgan fingerprint density at radius 1 is 1.30 bits per heavy atom. The minimum absolute atomic E-state index is 0.0216. The first kappa shape index (κ1) is 20.3. The molecule has 2 saturated heterocycles. The van der Waals surface area contributed by atoms with Crippen molar-refractivity contribution in [2.45, 2.75) is 58.5 Å². The third kappa shape index (κ3) is 4.87. The Balaban J connectivity index is 1.53. The van der Waals surface area contributed by atoms with Crippen LogP contribution in [0.1, 0.15) is 57.7 Å². The molecule has 1 amide bonds. The second kappa shape index (κ2) is 8.26. The molecule has 152 valence electrons. The van der Waals surface area contributed by atoms with Crippen molar-refractivity contribution in [1.82, 2.24) is 19.9 Å². The second-order valence-corrected chi connectivity index (χ2v) is 10.1. The van der Waals surface area contributed by atoms with Gasteiger partial charge in [-0.3, -0.25) is 9.69 Å². The van der Waals surface area contributed by atoms with Crippen LogP contribution in [0.2, 0.25) is 0 Å². The summed E-state index contributed by atoms with van der Waals surface area (Å²) in [6, 6.07) is 0.126. The minimum atomic E-state index is -2.87. The Bertz CT molecular complexity index is 753. The van der Waals surface area contributed by atoms with Gasteiger partial charge in [-0.15, -0.1) is 0 Å². The zero-order valence-corrected chi connectivity index (χ0v) is 17.2. The van der Waals surface area contributed by atoms with Crippen LogP contribution in [0.3, 0.4) is 0 Å². The SMILES string of the molecule is CCN(Cc1nc(C(C)C)no1)C(=O)C1CCN(C2CCS(=O)(=O)C2)CC1. The fraction of sp³-hybridized carbons (Fsp3) is 0.833. The van der Waals surface area contributed by atoms with Crippen molar-refractivity contribution >= 4 is 15.7 Å². The number of aromatic nitrogens is 2. The lowest BCUT2D eigenvalue weighted by atomic mass is 9.94. The van der Waals surface area contributed by atoms with Gasteiger partial charge in [0, 0.05) is 24.4 Å². The van der Waals surface area contributed by atoms with Crippen LogP contribution in [-0.2, 0) is 21.2 Å². The van der Waals surface area contributed by atoms with Crippen molar-refractivity contribution in [1.29, 1.82) is 0 Å². The molecule has 1 unspecified atom stereocenters. The summed E-state index contributed by atoms with van der Waals surface area (Å²) in [7, 11) is -2.87. The fourth-order valence-corrected chi connectivity index (χ4v) is 5.67. The van der Waals surface area contributed by atoms with E-state index in [1.54, 1.807) is 4.90 Å². The summed E-state index contributed by atoms with van der Waals surface area (Å²) < 4.78 is 28.7. The molecule has 0 aromatic carbocycles. The molecule has 9 heteroatoms. The average Bonchev–Trinajstić information content (AvgIpc) is 3.25. The topological polar surface area (TPSA) is 96.6 Å². The van der Waals surface area contributed by atoms with E-state index in [4.69, 9.17) is 4.52 Å². The van der Waals surface area contributed by atoms with Crippen LogP contribution >= 0.6 is 0 Å². The molecule has 0 spiro atoms. The summed E-state index contributed by atoms with van der Waals surface area (Å²) in [5, 5.41) is 3.96. The van der Waals surface area contributed by atoms with E-state index in [2.05, 4.69) is 15.0 Å². The number of amides is 1. The van der Waals surface area contributed by atoms with Crippen LogP contribution in [0.5, 0.6) is 0 Å². The average molecular weight is 399 g/mol. The summed E-state index contributed by atoms with van der Waals surface area (Å²) in [5.41, 5.74) is 0. The van der Waals surface area contributed by atoms with Crippen LogP contribution in [0.4, 0.5) is 0 Å². The van der Waals surface area contributed by atoms with Crippen molar-refractivity contribution in [2.75, 3.05) is 31.1 Å². The number of carbonyl (C=O) groups excluding carboxylic acids is 1. The second-order valence-electron chi connectivity index (χ2n) is 7.92. The van der Waals surface area contributed by atoms with E-state index in [-0.39, 0.29) is 29.5 Å². The van der Waals surface area contributed by atoms with E-state index in [0.717, 1.165) is 32.4 Å². The number of likely N-dealkylation sites (tertiary alicyclic amines) is 1. The van der Waals surface area contributed by atoms with Gasteiger partial charge in [0.15, 0.2) is 15.7 Å². The molecule has 2 aliphatic rings. The molecule has 0 aliphatic carbocycles. The standard InChI is InChI=1S/C18H30N4O4S/c1-4-21(11-16-19-17(13(2)3)20-26-16)18(23)14-5-8-22(9-6-14)15-7-10-27(24,25)12-15/h13-15H,4-12H2,1-3H3. The monoisotopic (exact) mass is 398 g/mol. The van der Waals surface area contributed by atoms with E-state index in [9.17, 15) is 13.2 Å². The molecule has 0 bridgehead atoms. The van der Waals surface area contributed by atoms with Gasteiger partial charge in [-0.05, 0) is 39.3 Å². The van der Waals surface area contributed by atoms with Gasteiger partial charge in [-0.2, -0.15) is 4.98 Å². The predicted molar refractivity (Wildman–Crippen MR) is 101 cm³/mol. The van der Waals surface area contributed by atoms with Gasteiger partial charge in [0.1, 0.15) is 0 Å². The van der Waals surface area contributed by atoms with E-state index in [1.807, 2.05) is 20.8 Å². The number of carbonyl (C=O) groups is 1. The molecule has 1 aromatic rings. The lowest BCUT2D eigenvalue weighted by molar-refractivity contribution is -0.138. The molecule has 1 aromatic heterocycles. The Morgan fingerprint density at radius 2 is 2.00 bits per heavy atom. The van der Waals surface area contributed by atoms with Crippen molar-refractivity contribution < 1.29 is 17.7 Å². The minimum Gasteiger partial charge on any atom is -0.337 e. The van der Waals surface area contributed by atoms with E-state index in [0.29, 0.717) is 30.6 Å². The van der Waals surface area contributed by atoms with Gasteiger partial charge in [-0.1, -0.05) is 19.0 Å². The maximum Gasteiger partial charge on any atom is 0.246 e. The summed E-state index contributed by atoms with van der Waals surface area (Å²) in [4.78, 5) is 21.3. The number of piperidine rings is 1. The molecule has 3 rings (SSSR count). The van der Waals surface area contributed by atoms with Crippen LogP contribution in [-0.4, -0.2) is 71.4 Å². The van der Waals surface area contributed by atoms with E-state index >= 15 is 0 Å². The Morgan fingerprint density at radius 3 is 2.52 bits per heavy atom. The third-order valence-electron chi connectivity index (χ3n) is 5.62. The fourth-order valence-electron chi connectivity index (χ4n) is 3.91. The smallest absolute Gasteiger partial charge is 0.246 e. The summed E-state index contributed by atoms with van der Waals surface area (Å²) in [5.74, 6) is 1.99. The number of hydrogen-bond acceptors (Lipinski definition) is 7. The maximum absolute atomic E-state index is 12.9. The molecule has 3 heterocycles. The van der Waals surface area contributed by atoms with Crippen molar-refractivity contribution in [3.63, 3.8) is 0 Å². The highest BCUT2D eigenvalue weighted by molar-refractivity contribution is 7.91. The number of nitrogens with zero attached hydrogens (tertiary/aromatic N) is 4. The highest BCUT2D eigenvalue weighted by atomic mass is 32.2. The lowest BCUT2D eigenvalue weighted by Gasteiger charge is -2.36. The van der Waals surface area contributed by atoms with Crippen LogP contribution in [0.25, 0.3) is 0 Å². The van der Waals surface area contributed by atoms with Gasteiger partial charge in [-0.25, -0.2) is 8.42 Å². The lowest BCUT2D eigenvalue weighted by Crippen LogP contribution is -2.46. The Hall–Kier alpha value is -1.48. The van der Waals surface area contributed by atoms with E-state index < -0.39 is 9.84 Å². The van der Waals surface area contributed by atoms with Gasteiger partial charge < -0.3 is 9.42 Å². The quantitative estimate of drug-likeness (QED) is 0.715. The molecule has 1 atom stereocenters. The van der Waals surface area contributed by atoms with Crippen LogP contribution in [0, 0.1) is 5.92 Å². The molecular formula is C18H30N4O4S. The zero-order chi connectivity index (χ0) is 19.6. The van der Waals surface area contributed by atoms with Crippen LogP contribution in [0.15, 0.2) is 4.52 Å². The number of hydrogen-bond donors (Lipinski definition) is 0. The molecule has 2 aliphatic heterocycles. The summed E-state index contributed by atoms with van der Waals surface area (Å²) in [6.45, 7) is 8.46. The summed E-state index contributed by atoms with van der Waals surface area (Å²) in [6.07, 6.45) is 2.26. The van der Waals surface area contributed by atoms with Crippen molar-refractivity contribution in [3.8, 4) is 0 Å². The molecule has 27 heavy (non-hydrogen) atoms. The molecule has 0 saturated carbocycles. The number of sulfone groups is 1. The van der Waals surface area contributed by atoms with Crippen molar-refractivity contribution in [2.24, 2.45) is 5.92 Å². The first-order valence-corrected chi connectivity index (χ1v) is 11.7. The first-order chi connectivity index (χ1) is 12.8. The van der Waals surface area contributed by atoms with Crippen molar-refractivity contribution in [3.05, 3.63) is 11.7 Å². The Labute approximate surface area is 161 Å². The Kier molecular flexibility index (Phi) is 6.20. The highest BCUT2D eigenvalue weighted by Crippen LogP contribution is 2.26. The molecule has 0 N–H and O–H groups in total. The summed E-state index contributed by atoms with van der Waals surface area (Å²) >= 11 is 0. The molecule has 0 radical (unpaired) electrons. The maximum atomic E-state index is 12.9. The highest BCUT2D eigenvalue weighted by Gasteiger charge is 2.36. The van der Waals surface area contributed by atoms with Gasteiger partial charge in [0.25, 0.3) is 0 Å².